The van der Waals surface area contributed by atoms with E-state index in [1.807, 2.05) is 0 Å². The molecule has 0 atom stereocenters. The minimum Gasteiger partial charge on any atom is -0.385 e. The fourth-order valence-corrected chi connectivity index (χ4v) is 1.72. The highest BCUT2D eigenvalue weighted by molar-refractivity contribution is 6.17. The Balaban J connectivity index is 2.21. The average molecular weight is 242 g/mol. The number of ether oxygens (including phenoxy) is 1. The molecule has 1 aromatic rings. The molecule has 0 aliphatic carbocycles. The van der Waals surface area contributed by atoms with Crippen LogP contribution in [0.1, 0.15) is 18.4 Å². The summed E-state index contributed by atoms with van der Waals surface area (Å²) in [4.78, 5) is 0. The Morgan fingerprint density at radius 3 is 2.56 bits per heavy atom. The van der Waals surface area contributed by atoms with Crippen molar-refractivity contribution < 1.29 is 4.74 Å². The van der Waals surface area contributed by atoms with E-state index in [-0.39, 0.29) is 0 Å². The summed E-state index contributed by atoms with van der Waals surface area (Å²) in [6, 6.07) is 8.47. The molecule has 3 heteroatoms. The third kappa shape index (κ3) is 5.38. The van der Waals surface area contributed by atoms with Crippen LogP contribution in [-0.4, -0.2) is 26.1 Å². The normalized spacial score (nSPS) is 10.4. The van der Waals surface area contributed by atoms with Gasteiger partial charge in [0.05, 0.1) is 0 Å². The van der Waals surface area contributed by atoms with E-state index in [2.05, 4.69) is 29.6 Å². The van der Waals surface area contributed by atoms with Gasteiger partial charge >= 0.3 is 0 Å². The number of hydrogen-bond donors (Lipinski definition) is 1. The zero-order valence-corrected chi connectivity index (χ0v) is 10.6. The van der Waals surface area contributed by atoms with Gasteiger partial charge < -0.3 is 10.1 Å². The van der Waals surface area contributed by atoms with E-state index in [0.717, 1.165) is 32.4 Å². The maximum Gasteiger partial charge on any atom is 0.0462 e. The van der Waals surface area contributed by atoms with Gasteiger partial charge in [0.15, 0.2) is 0 Å². The summed E-state index contributed by atoms with van der Waals surface area (Å²) in [5.41, 5.74) is 2.47. The number of unbranched alkanes of at least 4 members (excludes halogenated alkanes) is 1. The summed E-state index contributed by atoms with van der Waals surface area (Å²) < 4.78 is 5.00. The van der Waals surface area contributed by atoms with Crippen molar-refractivity contribution >= 4 is 17.3 Å². The van der Waals surface area contributed by atoms with E-state index in [0.29, 0.717) is 5.88 Å². The second kappa shape index (κ2) is 8.43. The fourth-order valence-electron chi connectivity index (χ4n) is 1.50. The quantitative estimate of drug-likeness (QED) is 0.557. The first-order valence-electron chi connectivity index (χ1n) is 5.74. The molecular formula is C13H20ClNO. The van der Waals surface area contributed by atoms with E-state index >= 15 is 0 Å². The summed E-state index contributed by atoms with van der Waals surface area (Å²) in [6.07, 6.45) is 3.18. The largest absolute Gasteiger partial charge is 0.385 e. The second-order valence-electron chi connectivity index (χ2n) is 3.76. The molecule has 0 unspecified atom stereocenters. The van der Waals surface area contributed by atoms with E-state index in [4.69, 9.17) is 16.3 Å². The minimum atomic E-state index is 0.684. The SMILES string of the molecule is COCCCCNc1ccc(CCCl)cc1. The second-order valence-corrected chi connectivity index (χ2v) is 4.14. The van der Waals surface area contributed by atoms with E-state index < -0.39 is 0 Å². The van der Waals surface area contributed by atoms with Crippen LogP contribution in [0.2, 0.25) is 0 Å². The van der Waals surface area contributed by atoms with Crippen LogP contribution >= 0.6 is 11.6 Å². The lowest BCUT2D eigenvalue weighted by Crippen LogP contribution is -2.02. The smallest absolute Gasteiger partial charge is 0.0462 e. The maximum atomic E-state index is 5.68. The molecule has 90 valence electrons. The average Bonchev–Trinajstić information content (AvgIpc) is 2.31. The Labute approximate surface area is 103 Å². The number of aryl methyl sites for hydroxylation is 1. The first-order chi connectivity index (χ1) is 7.86. The molecule has 0 saturated carbocycles. The Morgan fingerprint density at radius 2 is 1.94 bits per heavy atom. The van der Waals surface area contributed by atoms with Gasteiger partial charge in [0.2, 0.25) is 0 Å². The van der Waals surface area contributed by atoms with Gasteiger partial charge in [0.25, 0.3) is 0 Å². The number of methoxy groups -OCH3 is 1. The van der Waals surface area contributed by atoms with Crippen LogP contribution < -0.4 is 5.32 Å². The van der Waals surface area contributed by atoms with Crippen molar-refractivity contribution in [3.8, 4) is 0 Å². The third-order valence-corrected chi connectivity index (χ3v) is 2.63. The van der Waals surface area contributed by atoms with E-state index in [9.17, 15) is 0 Å². The zero-order chi connectivity index (χ0) is 11.6. The lowest BCUT2D eigenvalue weighted by atomic mass is 10.1. The standard InChI is InChI=1S/C13H20ClNO/c1-16-11-3-2-10-15-13-6-4-12(5-7-13)8-9-14/h4-7,15H,2-3,8-11H2,1H3. The molecule has 1 rings (SSSR count). The highest BCUT2D eigenvalue weighted by Gasteiger charge is 1.94. The van der Waals surface area contributed by atoms with Crippen molar-refractivity contribution in [3.63, 3.8) is 0 Å². The molecule has 0 aromatic heterocycles. The molecule has 0 heterocycles. The summed E-state index contributed by atoms with van der Waals surface area (Å²) in [7, 11) is 1.74. The molecule has 16 heavy (non-hydrogen) atoms. The Kier molecular flexibility index (Phi) is 7.02. The van der Waals surface area contributed by atoms with Crippen LogP contribution in [0, 0.1) is 0 Å². The van der Waals surface area contributed by atoms with Crippen LogP contribution in [0.25, 0.3) is 0 Å². The molecule has 0 aliphatic heterocycles. The van der Waals surface area contributed by atoms with Crippen molar-refractivity contribution in [2.24, 2.45) is 0 Å². The number of rotatable bonds is 8. The molecule has 2 nitrogen and oxygen atoms in total. The van der Waals surface area contributed by atoms with Crippen LogP contribution in [-0.2, 0) is 11.2 Å². The van der Waals surface area contributed by atoms with Crippen LogP contribution in [0.3, 0.4) is 0 Å². The number of benzene rings is 1. The Hall–Kier alpha value is -0.730. The number of alkyl halides is 1. The summed E-state index contributed by atoms with van der Waals surface area (Å²) in [6.45, 7) is 1.84. The van der Waals surface area contributed by atoms with Gasteiger partial charge in [-0.15, -0.1) is 11.6 Å². The molecule has 0 spiro atoms. The van der Waals surface area contributed by atoms with Crippen LogP contribution in [0.15, 0.2) is 24.3 Å². The molecule has 0 amide bonds. The van der Waals surface area contributed by atoms with E-state index in [1.54, 1.807) is 7.11 Å². The van der Waals surface area contributed by atoms with Gasteiger partial charge in [-0.25, -0.2) is 0 Å². The third-order valence-electron chi connectivity index (χ3n) is 2.44. The minimum absolute atomic E-state index is 0.684. The number of hydrogen-bond acceptors (Lipinski definition) is 2. The fraction of sp³-hybridized carbons (Fsp3) is 0.538. The molecule has 0 aliphatic rings. The molecule has 1 N–H and O–H groups in total. The van der Waals surface area contributed by atoms with Crippen LogP contribution in [0.4, 0.5) is 5.69 Å². The maximum absolute atomic E-state index is 5.68. The van der Waals surface area contributed by atoms with Crippen molar-refractivity contribution in [1.82, 2.24) is 0 Å². The molecule has 0 saturated heterocycles. The van der Waals surface area contributed by atoms with Crippen molar-refractivity contribution in [2.75, 3.05) is 31.5 Å². The summed E-state index contributed by atoms with van der Waals surface area (Å²) in [5, 5.41) is 3.38. The van der Waals surface area contributed by atoms with Gasteiger partial charge in [0.1, 0.15) is 0 Å². The predicted molar refractivity (Wildman–Crippen MR) is 70.5 cm³/mol. The lowest BCUT2D eigenvalue weighted by Gasteiger charge is -2.06. The zero-order valence-electron chi connectivity index (χ0n) is 9.84. The number of anilines is 1. The van der Waals surface area contributed by atoms with Crippen molar-refractivity contribution in [1.29, 1.82) is 0 Å². The van der Waals surface area contributed by atoms with Crippen LogP contribution in [0.5, 0.6) is 0 Å². The monoisotopic (exact) mass is 241 g/mol. The molecule has 0 bridgehead atoms. The van der Waals surface area contributed by atoms with Gasteiger partial charge in [-0.2, -0.15) is 0 Å². The lowest BCUT2D eigenvalue weighted by molar-refractivity contribution is 0.194. The number of nitrogens with one attached hydrogen (secondary N) is 1. The van der Waals surface area contributed by atoms with Crippen molar-refractivity contribution in [2.45, 2.75) is 19.3 Å². The van der Waals surface area contributed by atoms with Gasteiger partial charge in [-0.3, -0.25) is 0 Å². The van der Waals surface area contributed by atoms with Gasteiger partial charge in [0, 0.05) is 31.8 Å². The molecule has 1 aromatic carbocycles. The number of halogens is 1. The van der Waals surface area contributed by atoms with Gasteiger partial charge in [-0.1, -0.05) is 12.1 Å². The summed E-state index contributed by atoms with van der Waals surface area (Å²) in [5.74, 6) is 0.684. The first-order valence-corrected chi connectivity index (χ1v) is 6.28. The summed E-state index contributed by atoms with van der Waals surface area (Å²) >= 11 is 5.68. The Morgan fingerprint density at radius 1 is 1.19 bits per heavy atom. The molecule has 0 fully saturated rings. The highest BCUT2D eigenvalue weighted by atomic mass is 35.5. The highest BCUT2D eigenvalue weighted by Crippen LogP contribution is 2.10. The van der Waals surface area contributed by atoms with Gasteiger partial charge in [-0.05, 0) is 37.0 Å². The Bertz CT molecular complexity index is 274. The first kappa shape index (κ1) is 13.3. The topological polar surface area (TPSA) is 21.3 Å². The molecular weight excluding hydrogens is 222 g/mol. The molecule has 0 radical (unpaired) electrons. The van der Waals surface area contributed by atoms with Crippen molar-refractivity contribution in [3.05, 3.63) is 29.8 Å². The van der Waals surface area contributed by atoms with E-state index in [1.165, 1.54) is 11.3 Å². The predicted octanol–water partition coefficient (Wildman–Crippen LogP) is 3.31.